The molecule has 0 saturated carbocycles. The summed E-state index contributed by atoms with van der Waals surface area (Å²) in [6, 6.07) is 0. The van der Waals surface area contributed by atoms with E-state index in [1.807, 2.05) is 13.8 Å². The van der Waals surface area contributed by atoms with Gasteiger partial charge in [0.05, 0.1) is 6.10 Å². The molecule has 1 aliphatic heterocycles. The molecule has 0 aromatic rings. The number of likely N-dealkylation sites (tertiary alicyclic amines) is 1. The summed E-state index contributed by atoms with van der Waals surface area (Å²) in [5, 5.41) is 8.98. The Morgan fingerprint density at radius 3 is 2.50 bits per heavy atom. The van der Waals surface area contributed by atoms with Crippen LogP contribution in [0.4, 0.5) is 0 Å². The van der Waals surface area contributed by atoms with Crippen LogP contribution in [0.25, 0.3) is 0 Å². The van der Waals surface area contributed by atoms with Gasteiger partial charge in [0.15, 0.2) is 6.10 Å². The lowest BCUT2D eigenvalue weighted by atomic mass is 10.1. The number of piperidine rings is 1. The van der Waals surface area contributed by atoms with Gasteiger partial charge in [-0.3, -0.25) is 0 Å². The van der Waals surface area contributed by atoms with Crippen molar-refractivity contribution >= 4 is 5.97 Å². The topological polar surface area (TPSA) is 59.0 Å². The second kappa shape index (κ2) is 8.45. The van der Waals surface area contributed by atoms with Crippen LogP contribution >= 0.6 is 0 Å². The summed E-state index contributed by atoms with van der Waals surface area (Å²) in [6.45, 7) is 7.83. The molecule has 5 heteroatoms. The Morgan fingerprint density at radius 2 is 2.00 bits per heavy atom. The molecule has 1 unspecified atom stereocenters. The molecular formula is C13H25NO4. The number of ether oxygens (including phenoxy) is 2. The Kier molecular flexibility index (Phi) is 7.23. The summed E-state index contributed by atoms with van der Waals surface area (Å²) in [4.78, 5) is 13.2. The molecule has 1 aliphatic rings. The molecule has 1 heterocycles. The zero-order chi connectivity index (χ0) is 13.4. The highest BCUT2D eigenvalue weighted by molar-refractivity contribution is 5.72. The van der Waals surface area contributed by atoms with Gasteiger partial charge in [-0.1, -0.05) is 0 Å². The van der Waals surface area contributed by atoms with E-state index in [0.29, 0.717) is 19.1 Å². The van der Waals surface area contributed by atoms with Gasteiger partial charge in [-0.15, -0.1) is 0 Å². The maximum absolute atomic E-state index is 10.9. The summed E-state index contributed by atoms with van der Waals surface area (Å²) in [5.74, 6) is -0.860. The number of rotatable bonds is 8. The SMILES string of the molecule is CCOC1CCN(CCC(OCC)C(=O)O)CC1. The third-order valence-corrected chi connectivity index (χ3v) is 3.29. The van der Waals surface area contributed by atoms with Gasteiger partial charge in [0.2, 0.25) is 0 Å². The van der Waals surface area contributed by atoms with Gasteiger partial charge in [-0.25, -0.2) is 4.79 Å². The number of carboxylic acid groups (broad SMARTS) is 1. The van der Waals surface area contributed by atoms with Gasteiger partial charge in [0.1, 0.15) is 0 Å². The quantitative estimate of drug-likeness (QED) is 0.713. The van der Waals surface area contributed by atoms with Crippen molar-refractivity contribution in [3.63, 3.8) is 0 Å². The van der Waals surface area contributed by atoms with Crippen LogP contribution in [0.3, 0.4) is 0 Å². The van der Waals surface area contributed by atoms with Crippen molar-refractivity contribution in [1.82, 2.24) is 4.90 Å². The lowest BCUT2D eigenvalue weighted by Crippen LogP contribution is -2.39. The second-order valence-electron chi connectivity index (χ2n) is 4.57. The number of hydrogen-bond acceptors (Lipinski definition) is 4. The van der Waals surface area contributed by atoms with Gasteiger partial charge in [0.25, 0.3) is 0 Å². The largest absolute Gasteiger partial charge is 0.479 e. The smallest absolute Gasteiger partial charge is 0.332 e. The van der Waals surface area contributed by atoms with Crippen molar-refractivity contribution in [3.05, 3.63) is 0 Å². The van der Waals surface area contributed by atoms with Gasteiger partial charge in [-0.2, -0.15) is 0 Å². The van der Waals surface area contributed by atoms with E-state index in [1.54, 1.807) is 0 Å². The fourth-order valence-electron chi connectivity index (χ4n) is 2.31. The third-order valence-electron chi connectivity index (χ3n) is 3.29. The van der Waals surface area contributed by atoms with E-state index in [2.05, 4.69) is 4.90 Å². The molecule has 106 valence electrons. The molecule has 1 N–H and O–H groups in total. The molecule has 0 aromatic heterocycles. The molecule has 1 rings (SSSR count). The fourth-order valence-corrected chi connectivity index (χ4v) is 2.31. The van der Waals surface area contributed by atoms with Crippen LogP contribution in [0, 0.1) is 0 Å². The highest BCUT2D eigenvalue weighted by Gasteiger charge is 2.22. The first-order chi connectivity index (χ1) is 8.67. The van der Waals surface area contributed by atoms with Crippen LogP contribution < -0.4 is 0 Å². The highest BCUT2D eigenvalue weighted by atomic mass is 16.5. The van der Waals surface area contributed by atoms with E-state index >= 15 is 0 Å². The molecule has 0 spiro atoms. The maximum atomic E-state index is 10.9. The number of hydrogen-bond donors (Lipinski definition) is 1. The normalized spacial score (nSPS) is 19.9. The molecule has 0 radical (unpaired) electrons. The first-order valence-corrected chi connectivity index (χ1v) is 6.85. The van der Waals surface area contributed by atoms with Crippen molar-refractivity contribution < 1.29 is 19.4 Å². The predicted octanol–water partition coefficient (Wildman–Crippen LogP) is 1.37. The minimum atomic E-state index is -0.860. The lowest BCUT2D eigenvalue weighted by Gasteiger charge is -2.32. The highest BCUT2D eigenvalue weighted by Crippen LogP contribution is 2.14. The molecule has 0 aromatic carbocycles. The van der Waals surface area contributed by atoms with Crippen LogP contribution in [-0.2, 0) is 14.3 Å². The Hall–Kier alpha value is -0.650. The Bertz CT molecular complexity index is 239. The summed E-state index contributed by atoms with van der Waals surface area (Å²) in [7, 11) is 0. The number of carbonyl (C=O) groups is 1. The number of nitrogens with zero attached hydrogens (tertiary/aromatic N) is 1. The van der Waals surface area contributed by atoms with Crippen molar-refractivity contribution in [2.75, 3.05) is 32.8 Å². The molecule has 0 aliphatic carbocycles. The van der Waals surface area contributed by atoms with Crippen molar-refractivity contribution in [1.29, 1.82) is 0 Å². The molecular weight excluding hydrogens is 234 g/mol. The van der Waals surface area contributed by atoms with Crippen LogP contribution in [0.5, 0.6) is 0 Å². The van der Waals surface area contributed by atoms with E-state index in [9.17, 15) is 4.79 Å². The Morgan fingerprint density at radius 1 is 1.33 bits per heavy atom. The number of aliphatic carboxylic acids is 1. The maximum Gasteiger partial charge on any atom is 0.332 e. The first-order valence-electron chi connectivity index (χ1n) is 6.85. The molecule has 0 bridgehead atoms. The van der Waals surface area contributed by atoms with Crippen molar-refractivity contribution in [3.8, 4) is 0 Å². The number of carboxylic acids is 1. The minimum absolute atomic E-state index is 0.383. The fraction of sp³-hybridized carbons (Fsp3) is 0.923. The summed E-state index contributed by atoms with van der Waals surface area (Å²) in [5.41, 5.74) is 0. The van der Waals surface area contributed by atoms with Crippen molar-refractivity contribution in [2.45, 2.75) is 45.3 Å². The molecule has 1 saturated heterocycles. The van der Waals surface area contributed by atoms with Gasteiger partial charge in [0, 0.05) is 32.8 Å². The molecule has 5 nitrogen and oxygen atoms in total. The van der Waals surface area contributed by atoms with Crippen LogP contribution in [0.2, 0.25) is 0 Å². The first kappa shape index (κ1) is 15.4. The van der Waals surface area contributed by atoms with Gasteiger partial charge in [-0.05, 0) is 33.1 Å². The molecule has 0 amide bonds. The van der Waals surface area contributed by atoms with E-state index in [1.165, 1.54) is 0 Å². The van der Waals surface area contributed by atoms with E-state index in [0.717, 1.165) is 39.1 Å². The average molecular weight is 259 g/mol. The molecule has 18 heavy (non-hydrogen) atoms. The van der Waals surface area contributed by atoms with Crippen LogP contribution in [0.1, 0.15) is 33.1 Å². The van der Waals surface area contributed by atoms with Gasteiger partial charge < -0.3 is 19.5 Å². The molecule has 1 fully saturated rings. The standard InChI is InChI=1S/C13H25NO4/c1-3-17-11-5-8-14(9-6-11)10-7-12(13(15)16)18-4-2/h11-12H,3-10H2,1-2H3,(H,15,16). The molecule has 1 atom stereocenters. The summed E-state index contributed by atoms with van der Waals surface area (Å²) in [6.07, 6.45) is 2.36. The minimum Gasteiger partial charge on any atom is -0.479 e. The summed E-state index contributed by atoms with van der Waals surface area (Å²) < 4.78 is 10.8. The van der Waals surface area contributed by atoms with Crippen LogP contribution in [-0.4, -0.2) is 61.0 Å². The monoisotopic (exact) mass is 259 g/mol. The van der Waals surface area contributed by atoms with Crippen LogP contribution in [0.15, 0.2) is 0 Å². The summed E-state index contributed by atoms with van der Waals surface area (Å²) >= 11 is 0. The van der Waals surface area contributed by atoms with Gasteiger partial charge >= 0.3 is 5.97 Å². The van der Waals surface area contributed by atoms with E-state index in [4.69, 9.17) is 14.6 Å². The second-order valence-corrected chi connectivity index (χ2v) is 4.57. The van der Waals surface area contributed by atoms with E-state index in [-0.39, 0.29) is 0 Å². The zero-order valence-corrected chi connectivity index (χ0v) is 11.4. The van der Waals surface area contributed by atoms with E-state index < -0.39 is 12.1 Å². The third kappa shape index (κ3) is 5.33. The zero-order valence-electron chi connectivity index (χ0n) is 11.4. The Labute approximate surface area is 109 Å². The lowest BCUT2D eigenvalue weighted by molar-refractivity contribution is -0.150. The Balaban J connectivity index is 2.21. The van der Waals surface area contributed by atoms with Crippen molar-refractivity contribution in [2.24, 2.45) is 0 Å². The predicted molar refractivity (Wildman–Crippen MR) is 68.8 cm³/mol. The average Bonchev–Trinajstić information content (AvgIpc) is 2.36.